The summed E-state index contributed by atoms with van der Waals surface area (Å²) in [5, 5.41) is 0. The van der Waals surface area contributed by atoms with E-state index in [1.165, 1.54) is 50.5 Å². The molecule has 3 aliphatic rings. The van der Waals surface area contributed by atoms with Gasteiger partial charge in [0, 0.05) is 0 Å². The standard InChI is InChI=1S/C20H30O/c1-18(2)9-5-10-20(4)16(18)8-11-19(3)15-13-21-12-14(15)6-7-17(19)20/h12-13,16-17H,5-11H2,1-4H3/t16-,17-,19-,20-/m0/s1. The van der Waals surface area contributed by atoms with E-state index in [1.54, 1.807) is 5.56 Å². The molecule has 1 aromatic heterocycles. The molecule has 0 aliphatic heterocycles. The molecule has 1 nitrogen and oxygen atoms in total. The Morgan fingerprint density at radius 2 is 1.76 bits per heavy atom. The topological polar surface area (TPSA) is 13.1 Å². The molecule has 1 aromatic rings. The van der Waals surface area contributed by atoms with E-state index in [9.17, 15) is 0 Å². The predicted octanol–water partition coefficient (Wildman–Crippen LogP) is 5.73. The lowest BCUT2D eigenvalue weighted by Gasteiger charge is -2.63. The first-order valence-electron chi connectivity index (χ1n) is 8.93. The van der Waals surface area contributed by atoms with E-state index in [2.05, 4.69) is 34.0 Å². The lowest BCUT2D eigenvalue weighted by Crippen LogP contribution is -2.57. The Morgan fingerprint density at radius 1 is 0.952 bits per heavy atom. The van der Waals surface area contributed by atoms with Crippen molar-refractivity contribution in [2.75, 3.05) is 0 Å². The summed E-state index contributed by atoms with van der Waals surface area (Å²) in [6.07, 6.45) is 13.7. The second-order valence-corrected chi connectivity index (χ2v) is 9.26. The van der Waals surface area contributed by atoms with Gasteiger partial charge in [0.15, 0.2) is 0 Å². The minimum Gasteiger partial charge on any atom is -0.472 e. The molecule has 0 bridgehead atoms. The van der Waals surface area contributed by atoms with Crippen LogP contribution in [0.1, 0.15) is 77.3 Å². The Kier molecular flexibility index (Phi) is 2.77. The monoisotopic (exact) mass is 286 g/mol. The van der Waals surface area contributed by atoms with Gasteiger partial charge in [0.2, 0.25) is 0 Å². The third-order valence-electron chi connectivity index (χ3n) is 7.85. The summed E-state index contributed by atoms with van der Waals surface area (Å²) in [5.74, 6) is 1.75. The van der Waals surface area contributed by atoms with E-state index < -0.39 is 0 Å². The fourth-order valence-corrected chi connectivity index (χ4v) is 6.94. The van der Waals surface area contributed by atoms with Crippen LogP contribution in [0.2, 0.25) is 0 Å². The van der Waals surface area contributed by atoms with Crippen LogP contribution < -0.4 is 0 Å². The predicted molar refractivity (Wildman–Crippen MR) is 86.3 cm³/mol. The largest absolute Gasteiger partial charge is 0.472 e. The first kappa shape index (κ1) is 13.9. The van der Waals surface area contributed by atoms with E-state index in [4.69, 9.17) is 4.42 Å². The molecule has 4 rings (SSSR count). The number of fused-ring (bicyclic) bond motifs is 5. The van der Waals surface area contributed by atoms with Gasteiger partial charge in [-0.15, -0.1) is 0 Å². The Hall–Kier alpha value is -0.720. The van der Waals surface area contributed by atoms with Gasteiger partial charge in [0.05, 0.1) is 12.5 Å². The first-order chi connectivity index (χ1) is 9.88. The van der Waals surface area contributed by atoms with Crippen molar-refractivity contribution in [2.24, 2.45) is 22.7 Å². The quantitative estimate of drug-likeness (QED) is 0.594. The van der Waals surface area contributed by atoms with Crippen LogP contribution in [0.15, 0.2) is 16.9 Å². The molecule has 0 saturated heterocycles. The summed E-state index contributed by atoms with van der Waals surface area (Å²) in [6, 6.07) is 0. The Balaban J connectivity index is 1.80. The highest BCUT2D eigenvalue weighted by atomic mass is 16.3. The summed E-state index contributed by atoms with van der Waals surface area (Å²) in [6.45, 7) is 10.2. The highest BCUT2D eigenvalue weighted by Gasteiger charge is 2.59. The van der Waals surface area contributed by atoms with E-state index in [1.807, 2.05) is 6.26 Å². The number of hydrogen-bond acceptors (Lipinski definition) is 1. The smallest absolute Gasteiger partial charge is 0.0943 e. The maximum Gasteiger partial charge on any atom is 0.0943 e. The lowest BCUT2D eigenvalue weighted by molar-refractivity contribution is -0.110. The molecule has 2 saturated carbocycles. The zero-order valence-electron chi connectivity index (χ0n) is 14.2. The number of rotatable bonds is 0. The fourth-order valence-electron chi connectivity index (χ4n) is 6.94. The highest BCUT2D eigenvalue weighted by molar-refractivity contribution is 5.36. The Labute approximate surface area is 129 Å². The second kappa shape index (κ2) is 4.18. The highest BCUT2D eigenvalue weighted by Crippen LogP contribution is 2.66. The number of furan rings is 1. The maximum atomic E-state index is 5.59. The van der Waals surface area contributed by atoms with Gasteiger partial charge in [0.25, 0.3) is 0 Å². The lowest BCUT2D eigenvalue weighted by atomic mass is 9.41. The van der Waals surface area contributed by atoms with Crippen LogP contribution >= 0.6 is 0 Å². The minimum atomic E-state index is 0.360. The molecule has 0 unspecified atom stereocenters. The molecule has 1 heteroatoms. The summed E-state index contributed by atoms with van der Waals surface area (Å²) >= 11 is 0. The SMILES string of the molecule is CC1(C)CCC[C@]2(C)[C@H]3CCc4cocc4[C@]3(C)CC[C@@H]12. The number of aryl methyl sites for hydroxylation is 1. The van der Waals surface area contributed by atoms with Crippen molar-refractivity contribution >= 4 is 0 Å². The fraction of sp³-hybridized carbons (Fsp3) is 0.800. The van der Waals surface area contributed by atoms with Crippen LogP contribution in [0.25, 0.3) is 0 Å². The third kappa shape index (κ3) is 1.69. The van der Waals surface area contributed by atoms with Crippen molar-refractivity contribution < 1.29 is 4.42 Å². The van der Waals surface area contributed by atoms with E-state index in [-0.39, 0.29) is 0 Å². The van der Waals surface area contributed by atoms with Crippen molar-refractivity contribution in [3.63, 3.8) is 0 Å². The van der Waals surface area contributed by atoms with Gasteiger partial charge in [-0.1, -0.05) is 34.1 Å². The van der Waals surface area contributed by atoms with Crippen LogP contribution in [0.4, 0.5) is 0 Å². The Bertz CT molecular complexity index is 554. The minimum absolute atomic E-state index is 0.360. The zero-order valence-corrected chi connectivity index (χ0v) is 14.2. The van der Waals surface area contributed by atoms with Gasteiger partial charge >= 0.3 is 0 Å². The average molecular weight is 286 g/mol. The van der Waals surface area contributed by atoms with Gasteiger partial charge in [-0.3, -0.25) is 0 Å². The van der Waals surface area contributed by atoms with Gasteiger partial charge in [-0.25, -0.2) is 0 Å². The molecule has 1 heterocycles. The molecular weight excluding hydrogens is 256 g/mol. The van der Waals surface area contributed by atoms with Crippen molar-refractivity contribution in [1.82, 2.24) is 0 Å². The normalized spacial score (nSPS) is 44.6. The van der Waals surface area contributed by atoms with Crippen molar-refractivity contribution in [2.45, 2.75) is 78.1 Å². The summed E-state index contributed by atoms with van der Waals surface area (Å²) in [7, 11) is 0. The molecule has 21 heavy (non-hydrogen) atoms. The maximum absolute atomic E-state index is 5.59. The zero-order chi connectivity index (χ0) is 14.9. The molecular formula is C20H30O. The van der Waals surface area contributed by atoms with Crippen LogP contribution in [0.5, 0.6) is 0 Å². The number of hydrogen-bond donors (Lipinski definition) is 0. The molecule has 0 N–H and O–H groups in total. The van der Waals surface area contributed by atoms with E-state index in [0.29, 0.717) is 16.2 Å². The van der Waals surface area contributed by atoms with Gasteiger partial charge in [-0.05, 0) is 77.7 Å². The van der Waals surface area contributed by atoms with Gasteiger partial charge < -0.3 is 4.42 Å². The third-order valence-corrected chi connectivity index (χ3v) is 7.85. The molecule has 0 amide bonds. The van der Waals surface area contributed by atoms with Crippen molar-refractivity contribution in [3.8, 4) is 0 Å². The molecule has 2 fully saturated rings. The molecule has 116 valence electrons. The van der Waals surface area contributed by atoms with Crippen molar-refractivity contribution in [1.29, 1.82) is 0 Å². The van der Waals surface area contributed by atoms with Crippen LogP contribution in [-0.4, -0.2) is 0 Å². The Morgan fingerprint density at radius 3 is 2.57 bits per heavy atom. The van der Waals surface area contributed by atoms with Crippen LogP contribution in [0, 0.1) is 22.7 Å². The van der Waals surface area contributed by atoms with E-state index in [0.717, 1.165) is 11.8 Å². The summed E-state index contributed by atoms with van der Waals surface area (Å²) in [4.78, 5) is 0. The molecule has 0 radical (unpaired) electrons. The molecule has 0 spiro atoms. The van der Waals surface area contributed by atoms with Crippen LogP contribution in [0.3, 0.4) is 0 Å². The summed E-state index contributed by atoms with van der Waals surface area (Å²) in [5.41, 5.74) is 4.46. The van der Waals surface area contributed by atoms with E-state index >= 15 is 0 Å². The molecule has 0 aromatic carbocycles. The van der Waals surface area contributed by atoms with Gasteiger partial charge in [-0.2, -0.15) is 0 Å². The molecule has 3 aliphatic carbocycles. The van der Waals surface area contributed by atoms with Gasteiger partial charge in [0.1, 0.15) is 0 Å². The van der Waals surface area contributed by atoms with Crippen molar-refractivity contribution in [3.05, 3.63) is 23.7 Å². The second-order valence-electron chi connectivity index (χ2n) is 9.26. The van der Waals surface area contributed by atoms with Crippen LogP contribution in [-0.2, 0) is 11.8 Å². The summed E-state index contributed by atoms with van der Waals surface area (Å²) < 4.78 is 5.59. The first-order valence-corrected chi connectivity index (χ1v) is 8.93. The average Bonchev–Trinajstić information content (AvgIpc) is 2.86. The molecule has 4 atom stereocenters.